The summed E-state index contributed by atoms with van der Waals surface area (Å²) in [7, 11) is 0. The molecule has 0 aromatic rings. The first-order valence-corrected chi connectivity index (χ1v) is 5.48. The Morgan fingerprint density at radius 2 is 1.92 bits per heavy atom. The van der Waals surface area contributed by atoms with Gasteiger partial charge in [0, 0.05) is 0 Å². The molecular formula is C12H17N. The summed E-state index contributed by atoms with van der Waals surface area (Å²) >= 11 is 0. The minimum atomic E-state index is -0.0274. The molecular weight excluding hydrogens is 158 g/mol. The van der Waals surface area contributed by atoms with Crippen molar-refractivity contribution in [3.8, 4) is 6.07 Å². The highest BCUT2D eigenvalue weighted by atomic mass is 14.4. The minimum Gasteiger partial charge on any atom is -0.197 e. The van der Waals surface area contributed by atoms with Crippen LogP contribution in [0.15, 0.2) is 11.6 Å². The molecule has 0 aromatic heterocycles. The summed E-state index contributed by atoms with van der Waals surface area (Å²) in [5, 5.41) is 9.28. The molecule has 0 aliphatic heterocycles. The van der Waals surface area contributed by atoms with Crippen LogP contribution in [-0.4, -0.2) is 0 Å². The van der Waals surface area contributed by atoms with E-state index in [1.165, 1.54) is 44.1 Å². The molecule has 1 heteroatoms. The van der Waals surface area contributed by atoms with Crippen molar-refractivity contribution in [3.05, 3.63) is 11.6 Å². The molecule has 0 N–H and O–H groups in total. The van der Waals surface area contributed by atoms with Gasteiger partial charge < -0.3 is 0 Å². The largest absolute Gasteiger partial charge is 0.197 e. The molecule has 0 heterocycles. The Kier molecular flexibility index (Phi) is 2.40. The predicted molar refractivity (Wildman–Crippen MR) is 53.1 cm³/mol. The Labute approximate surface area is 80.4 Å². The summed E-state index contributed by atoms with van der Waals surface area (Å²) < 4.78 is 0. The Morgan fingerprint density at radius 1 is 1.15 bits per heavy atom. The average Bonchev–Trinajstić information content (AvgIpc) is 2.69. The van der Waals surface area contributed by atoms with Crippen LogP contribution in [0.2, 0.25) is 0 Å². The second-order valence-electron chi connectivity index (χ2n) is 4.38. The smallest absolute Gasteiger partial charge is 0.0782 e. The zero-order chi connectivity index (χ0) is 9.15. The van der Waals surface area contributed by atoms with Gasteiger partial charge in [-0.05, 0) is 38.5 Å². The van der Waals surface area contributed by atoms with E-state index < -0.39 is 0 Å². The molecule has 13 heavy (non-hydrogen) atoms. The molecule has 0 saturated heterocycles. The highest BCUT2D eigenvalue weighted by Gasteiger charge is 2.37. The predicted octanol–water partition coefficient (Wildman–Crippen LogP) is 3.57. The van der Waals surface area contributed by atoms with Crippen LogP contribution in [0.4, 0.5) is 0 Å². The quantitative estimate of drug-likeness (QED) is 0.559. The van der Waals surface area contributed by atoms with Crippen LogP contribution in [0.25, 0.3) is 0 Å². The van der Waals surface area contributed by atoms with E-state index in [0.717, 1.165) is 12.8 Å². The fourth-order valence-electron chi connectivity index (χ4n) is 2.76. The van der Waals surface area contributed by atoms with Crippen LogP contribution < -0.4 is 0 Å². The first-order chi connectivity index (χ1) is 6.37. The van der Waals surface area contributed by atoms with E-state index in [0.29, 0.717) is 0 Å². The fraction of sp³-hybridized carbons (Fsp3) is 0.750. The van der Waals surface area contributed by atoms with Gasteiger partial charge in [0.05, 0.1) is 11.5 Å². The van der Waals surface area contributed by atoms with E-state index in [-0.39, 0.29) is 5.41 Å². The van der Waals surface area contributed by atoms with Gasteiger partial charge in [0.25, 0.3) is 0 Å². The van der Waals surface area contributed by atoms with Crippen molar-refractivity contribution in [2.45, 2.75) is 51.4 Å². The summed E-state index contributed by atoms with van der Waals surface area (Å²) in [6.45, 7) is 0. The van der Waals surface area contributed by atoms with E-state index in [1.807, 2.05) is 0 Å². The number of rotatable bonds is 1. The first-order valence-electron chi connectivity index (χ1n) is 5.48. The summed E-state index contributed by atoms with van der Waals surface area (Å²) in [4.78, 5) is 0. The van der Waals surface area contributed by atoms with Crippen LogP contribution >= 0.6 is 0 Å². The van der Waals surface area contributed by atoms with Crippen LogP contribution in [0, 0.1) is 16.7 Å². The maximum absolute atomic E-state index is 9.28. The Morgan fingerprint density at radius 3 is 2.46 bits per heavy atom. The molecule has 0 amide bonds. The van der Waals surface area contributed by atoms with Crippen molar-refractivity contribution in [1.82, 2.24) is 0 Å². The molecule has 2 aliphatic carbocycles. The molecule has 2 aliphatic rings. The van der Waals surface area contributed by atoms with Gasteiger partial charge in [-0.3, -0.25) is 0 Å². The summed E-state index contributed by atoms with van der Waals surface area (Å²) in [6.07, 6.45) is 12.1. The molecule has 70 valence electrons. The van der Waals surface area contributed by atoms with E-state index in [2.05, 4.69) is 12.1 Å². The Balaban J connectivity index is 2.20. The highest BCUT2D eigenvalue weighted by Crippen LogP contribution is 2.46. The SMILES string of the molecule is N#CC1(C2=CCCCC2)CCCC1. The monoisotopic (exact) mass is 175 g/mol. The van der Waals surface area contributed by atoms with E-state index >= 15 is 0 Å². The van der Waals surface area contributed by atoms with Gasteiger partial charge >= 0.3 is 0 Å². The third-order valence-electron chi connectivity index (χ3n) is 3.58. The molecule has 0 atom stereocenters. The van der Waals surface area contributed by atoms with Gasteiger partial charge in [-0.25, -0.2) is 0 Å². The number of hydrogen-bond acceptors (Lipinski definition) is 1. The maximum Gasteiger partial charge on any atom is 0.0782 e. The van der Waals surface area contributed by atoms with Gasteiger partial charge in [-0.15, -0.1) is 0 Å². The normalized spacial score (nSPS) is 26.5. The molecule has 0 aromatic carbocycles. The Bertz CT molecular complexity index is 251. The zero-order valence-electron chi connectivity index (χ0n) is 8.18. The molecule has 1 saturated carbocycles. The average molecular weight is 175 g/mol. The lowest BCUT2D eigenvalue weighted by molar-refractivity contribution is 0.454. The lowest BCUT2D eigenvalue weighted by atomic mass is 9.75. The van der Waals surface area contributed by atoms with Gasteiger partial charge in [0.1, 0.15) is 0 Å². The summed E-state index contributed by atoms with van der Waals surface area (Å²) in [6, 6.07) is 2.58. The standard InChI is InChI=1S/C12H17N/c13-10-12(8-4-5-9-12)11-6-2-1-3-7-11/h6H,1-5,7-9H2. The first kappa shape index (κ1) is 8.81. The van der Waals surface area contributed by atoms with Gasteiger partial charge in [-0.1, -0.05) is 24.5 Å². The van der Waals surface area contributed by atoms with Crippen LogP contribution in [0.3, 0.4) is 0 Å². The summed E-state index contributed by atoms with van der Waals surface area (Å²) in [5.41, 5.74) is 1.44. The van der Waals surface area contributed by atoms with Gasteiger partial charge in [0.15, 0.2) is 0 Å². The number of allylic oxidation sites excluding steroid dienone is 2. The summed E-state index contributed by atoms with van der Waals surface area (Å²) in [5.74, 6) is 0. The van der Waals surface area contributed by atoms with E-state index in [4.69, 9.17) is 0 Å². The van der Waals surface area contributed by atoms with Crippen LogP contribution in [0.1, 0.15) is 51.4 Å². The number of nitrogens with zero attached hydrogens (tertiary/aromatic N) is 1. The minimum absolute atomic E-state index is 0.0274. The molecule has 1 nitrogen and oxygen atoms in total. The third kappa shape index (κ3) is 1.50. The van der Waals surface area contributed by atoms with Crippen molar-refractivity contribution in [3.63, 3.8) is 0 Å². The fourth-order valence-corrected chi connectivity index (χ4v) is 2.76. The van der Waals surface area contributed by atoms with Crippen LogP contribution in [0.5, 0.6) is 0 Å². The highest BCUT2D eigenvalue weighted by molar-refractivity contribution is 5.26. The lowest BCUT2D eigenvalue weighted by Gasteiger charge is -2.26. The van der Waals surface area contributed by atoms with Gasteiger partial charge in [-0.2, -0.15) is 5.26 Å². The number of nitriles is 1. The van der Waals surface area contributed by atoms with Crippen molar-refractivity contribution in [2.24, 2.45) is 5.41 Å². The molecule has 0 unspecified atom stereocenters. The lowest BCUT2D eigenvalue weighted by Crippen LogP contribution is -2.18. The molecule has 0 radical (unpaired) electrons. The van der Waals surface area contributed by atoms with Crippen molar-refractivity contribution in [1.29, 1.82) is 5.26 Å². The molecule has 0 bridgehead atoms. The Hall–Kier alpha value is -0.770. The van der Waals surface area contributed by atoms with Crippen molar-refractivity contribution in [2.75, 3.05) is 0 Å². The molecule has 1 fully saturated rings. The molecule has 0 spiro atoms. The van der Waals surface area contributed by atoms with E-state index in [9.17, 15) is 5.26 Å². The topological polar surface area (TPSA) is 23.8 Å². The third-order valence-corrected chi connectivity index (χ3v) is 3.58. The molecule has 2 rings (SSSR count). The second kappa shape index (κ2) is 3.54. The van der Waals surface area contributed by atoms with Gasteiger partial charge in [0.2, 0.25) is 0 Å². The second-order valence-corrected chi connectivity index (χ2v) is 4.38. The maximum atomic E-state index is 9.28. The number of hydrogen-bond donors (Lipinski definition) is 0. The van der Waals surface area contributed by atoms with Crippen molar-refractivity contribution >= 4 is 0 Å². The van der Waals surface area contributed by atoms with Crippen LogP contribution in [-0.2, 0) is 0 Å². The van der Waals surface area contributed by atoms with Crippen molar-refractivity contribution < 1.29 is 0 Å². The zero-order valence-corrected chi connectivity index (χ0v) is 8.18. The van der Waals surface area contributed by atoms with E-state index in [1.54, 1.807) is 0 Å².